The number of aliphatic hydroxyl groups excluding tert-OH is 1. The zero-order valence-electron chi connectivity index (χ0n) is 7.88. The highest BCUT2D eigenvalue weighted by atomic mass is 79.9. The predicted octanol–water partition coefficient (Wildman–Crippen LogP) is 1.52. The van der Waals surface area contributed by atoms with E-state index in [9.17, 15) is 5.11 Å². The van der Waals surface area contributed by atoms with E-state index < -0.39 is 0 Å². The van der Waals surface area contributed by atoms with Gasteiger partial charge < -0.3 is 10.4 Å². The van der Waals surface area contributed by atoms with Crippen LogP contribution in [0.1, 0.15) is 25.7 Å². The second-order valence-electron chi connectivity index (χ2n) is 4.47. The van der Waals surface area contributed by atoms with Crippen molar-refractivity contribution in [2.24, 2.45) is 11.8 Å². The van der Waals surface area contributed by atoms with Crippen LogP contribution in [0, 0.1) is 11.8 Å². The first kappa shape index (κ1) is 9.94. The van der Waals surface area contributed by atoms with Crippen LogP contribution < -0.4 is 5.32 Å². The molecule has 0 amide bonds. The lowest BCUT2D eigenvalue weighted by molar-refractivity contribution is 0.152. The van der Waals surface area contributed by atoms with E-state index in [1.54, 1.807) is 0 Å². The van der Waals surface area contributed by atoms with E-state index in [2.05, 4.69) is 21.2 Å². The van der Waals surface area contributed by atoms with Gasteiger partial charge in [-0.2, -0.15) is 0 Å². The molecule has 2 saturated heterocycles. The lowest BCUT2D eigenvalue weighted by Gasteiger charge is -2.33. The van der Waals surface area contributed by atoms with E-state index >= 15 is 0 Å². The molecule has 2 fully saturated rings. The molecular formula is C10H18BrNO. The van der Waals surface area contributed by atoms with Gasteiger partial charge in [0.1, 0.15) is 0 Å². The number of fused-ring (bicyclic) bond motifs is 2. The molecule has 0 aliphatic carbocycles. The number of hydrogen-bond donors (Lipinski definition) is 2. The third-order valence-corrected chi connectivity index (χ3v) is 4.44. The molecule has 2 rings (SSSR count). The molecule has 0 aromatic rings. The Balaban J connectivity index is 1.93. The van der Waals surface area contributed by atoms with Gasteiger partial charge in [0.2, 0.25) is 0 Å². The third-order valence-electron chi connectivity index (χ3n) is 3.61. The fraction of sp³-hybridized carbons (Fsp3) is 1.00. The smallest absolute Gasteiger partial charge is 0.0469 e. The van der Waals surface area contributed by atoms with Crippen LogP contribution in [0.3, 0.4) is 0 Å². The van der Waals surface area contributed by atoms with Crippen LogP contribution in [-0.2, 0) is 0 Å². The summed E-state index contributed by atoms with van der Waals surface area (Å²) in [5.74, 6) is 1.22. The monoisotopic (exact) mass is 247 g/mol. The van der Waals surface area contributed by atoms with Crippen molar-refractivity contribution < 1.29 is 5.11 Å². The number of alkyl halides is 1. The van der Waals surface area contributed by atoms with Crippen molar-refractivity contribution in [1.29, 1.82) is 0 Å². The van der Waals surface area contributed by atoms with Gasteiger partial charge in [0.15, 0.2) is 0 Å². The molecule has 3 atom stereocenters. The third kappa shape index (κ3) is 2.08. The highest BCUT2D eigenvalue weighted by molar-refractivity contribution is 9.09. The molecular weight excluding hydrogens is 230 g/mol. The number of rotatable bonds is 3. The molecule has 2 N–H and O–H groups in total. The van der Waals surface area contributed by atoms with Gasteiger partial charge in [-0.3, -0.25) is 0 Å². The molecule has 2 aliphatic heterocycles. The molecule has 0 aromatic carbocycles. The Morgan fingerprint density at radius 3 is 2.38 bits per heavy atom. The van der Waals surface area contributed by atoms with Crippen LogP contribution in [0.5, 0.6) is 0 Å². The number of aliphatic hydroxyl groups is 1. The van der Waals surface area contributed by atoms with E-state index in [1.165, 1.54) is 25.7 Å². The summed E-state index contributed by atoms with van der Waals surface area (Å²) >= 11 is 3.49. The van der Waals surface area contributed by atoms with Gasteiger partial charge in [0, 0.05) is 24.0 Å². The molecule has 13 heavy (non-hydrogen) atoms. The average Bonchev–Trinajstić information content (AvgIpc) is 2.48. The fourth-order valence-corrected chi connectivity index (χ4v) is 3.54. The van der Waals surface area contributed by atoms with E-state index in [-0.39, 0.29) is 0 Å². The Kier molecular flexibility index (Phi) is 3.27. The minimum Gasteiger partial charge on any atom is -0.396 e. The molecule has 2 nitrogen and oxygen atoms in total. The molecule has 0 spiro atoms. The van der Waals surface area contributed by atoms with Crippen LogP contribution >= 0.6 is 15.9 Å². The van der Waals surface area contributed by atoms with E-state index in [0.29, 0.717) is 12.5 Å². The van der Waals surface area contributed by atoms with Gasteiger partial charge >= 0.3 is 0 Å². The zero-order chi connectivity index (χ0) is 9.26. The molecule has 76 valence electrons. The van der Waals surface area contributed by atoms with Crippen molar-refractivity contribution in [2.45, 2.75) is 37.8 Å². The molecule has 2 heterocycles. The van der Waals surface area contributed by atoms with Gasteiger partial charge in [-0.15, -0.1) is 0 Å². The largest absolute Gasteiger partial charge is 0.396 e. The Bertz CT molecular complexity index is 160. The first-order valence-corrected chi connectivity index (χ1v) is 6.38. The molecule has 0 saturated carbocycles. The van der Waals surface area contributed by atoms with Crippen LogP contribution in [0.2, 0.25) is 0 Å². The molecule has 2 bridgehead atoms. The van der Waals surface area contributed by atoms with Gasteiger partial charge in [-0.1, -0.05) is 15.9 Å². The molecule has 0 radical (unpaired) electrons. The summed E-state index contributed by atoms with van der Waals surface area (Å²) < 4.78 is 0. The average molecular weight is 248 g/mol. The molecule has 3 heteroatoms. The minimum absolute atomic E-state index is 0.343. The van der Waals surface area contributed by atoms with E-state index in [0.717, 1.165) is 23.3 Å². The lowest BCUT2D eigenvalue weighted by Crippen LogP contribution is -2.41. The lowest BCUT2D eigenvalue weighted by atomic mass is 9.83. The first-order valence-electron chi connectivity index (χ1n) is 5.26. The summed E-state index contributed by atoms with van der Waals surface area (Å²) in [6.07, 6.45) is 5.24. The Morgan fingerprint density at radius 1 is 1.31 bits per heavy atom. The SMILES string of the molecule is OCC(CBr)C1CC2CCC(C1)N2. The standard InChI is InChI=1S/C10H18BrNO/c11-5-8(6-13)7-3-9-1-2-10(4-7)12-9/h7-10,12-13H,1-6H2. The highest BCUT2D eigenvalue weighted by Gasteiger charge is 2.36. The van der Waals surface area contributed by atoms with Crippen molar-refractivity contribution in [2.75, 3.05) is 11.9 Å². The van der Waals surface area contributed by atoms with E-state index in [1.807, 2.05) is 0 Å². The van der Waals surface area contributed by atoms with Gasteiger partial charge in [0.25, 0.3) is 0 Å². The highest BCUT2D eigenvalue weighted by Crippen LogP contribution is 2.35. The maximum absolute atomic E-state index is 9.22. The van der Waals surface area contributed by atoms with Crippen molar-refractivity contribution in [3.63, 3.8) is 0 Å². The summed E-state index contributed by atoms with van der Waals surface area (Å²) in [7, 11) is 0. The van der Waals surface area contributed by atoms with Crippen molar-refractivity contribution in [3.05, 3.63) is 0 Å². The predicted molar refractivity (Wildman–Crippen MR) is 57.0 cm³/mol. The second kappa shape index (κ2) is 4.28. The number of piperidine rings is 1. The van der Waals surface area contributed by atoms with Crippen LogP contribution in [0.15, 0.2) is 0 Å². The maximum atomic E-state index is 9.22. The molecule has 0 aromatic heterocycles. The van der Waals surface area contributed by atoms with Gasteiger partial charge in [-0.25, -0.2) is 0 Å². The second-order valence-corrected chi connectivity index (χ2v) is 5.11. The van der Waals surface area contributed by atoms with Gasteiger partial charge in [0.05, 0.1) is 0 Å². The summed E-state index contributed by atoms with van der Waals surface area (Å²) in [4.78, 5) is 0. The summed E-state index contributed by atoms with van der Waals surface area (Å²) in [6, 6.07) is 1.49. The van der Waals surface area contributed by atoms with Crippen LogP contribution in [0.4, 0.5) is 0 Å². The normalized spacial score (nSPS) is 40.6. The summed E-state index contributed by atoms with van der Waals surface area (Å²) in [5, 5.41) is 13.8. The topological polar surface area (TPSA) is 32.3 Å². The van der Waals surface area contributed by atoms with E-state index in [4.69, 9.17) is 0 Å². The summed E-state index contributed by atoms with van der Waals surface area (Å²) in [5.41, 5.74) is 0. The van der Waals surface area contributed by atoms with Crippen LogP contribution in [-0.4, -0.2) is 29.1 Å². The van der Waals surface area contributed by atoms with Crippen LogP contribution in [0.25, 0.3) is 0 Å². The summed E-state index contributed by atoms with van der Waals surface area (Å²) in [6.45, 7) is 0.343. The number of nitrogens with one attached hydrogen (secondary N) is 1. The molecule has 3 unspecified atom stereocenters. The number of halogens is 1. The van der Waals surface area contributed by atoms with Crippen molar-refractivity contribution >= 4 is 15.9 Å². The zero-order valence-corrected chi connectivity index (χ0v) is 9.46. The molecule has 2 aliphatic rings. The fourth-order valence-electron chi connectivity index (χ4n) is 2.81. The number of hydrogen-bond acceptors (Lipinski definition) is 2. The Hall–Kier alpha value is 0.400. The first-order chi connectivity index (χ1) is 6.33. The van der Waals surface area contributed by atoms with Crippen molar-refractivity contribution in [3.8, 4) is 0 Å². The Morgan fingerprint density at radius 2 is 1.92 bits per heavy atom. The maximum Gasteiger partial charge on any atom is 0.0469 e. The Labute approximate surface area is 88.2 Å². The quantitative estimate of drug-likeness (QED) is 0.742. The minimum atomic E-state index is 0.343. The van der Waals surface area contributed by atoms with Crippen molar-refractivity contribution in [1.82, 2.24) is 5.32 Å². The van der Waals surface area contributed by atoms with Gasteiger partial charge in [-0.05, 0) is 37.5 Å².